The minimum Gasteiger partial charge on any atom is -0.299 e. The highest BCUT2D eigenvalue weighted by Crippen LogP contribution is 2.16. The lowest BCUT2D eigenvalue weighted by atomic mass is 9.80. The molecule has 2 nitrogen and oxygen atoms in total. The van der Waals surface area contributed by atoms with Crippen LogP contribution in [-0.4, -0.2) is 51.4 Å². The van der Waals surface area contributed by atoms with E-state index >= 15 is 0 Å². The van der Waals surface area contributed by atoms with Gasteiger partial charge in [-0.1, -0.05) is 13.3 Å². The Labute approximate surface area is 72.0 Å². The molecule has 0 aliphatic heterocycles. The van der Waals surface area contributed by atoms with Crippen molar-refractivity contribution in [3.05, 3.63) is 0 Å². The Morgan fingerprint density at radius 2 is 1.45 bits per heavy atom. The van der Waals surface area contributed by atoms with Crippen LogP contribution in [0.25, 0.3) is 0 Å². The van der Waals surface area contributed by atoms with Gasteiger partial charge in [0.1, 0.15) is 7.85 Å². The summed E-state index contributed by atoms with van der Waals surface area (Å²) in [6.45, 7) is 2.23. The Hall–Kier alpha value is -0.0151. The van der Waals surface area contributed by atoms with Crippen molar-refractivity contribution in [1.82, 2.24) is 9.80 Å². The summed E-state index contributed by atoms with van der Waals surface area (Å²) in [6, 6.07) is 0. The zero-order chi connectivity index (χ0) is 9.07. The predicted molar refractivity (Wildman–Crippen MR) is 53.6 cm³/mol. The standard InChI is InChI=1S/C8H21BN2/c1-6-7-8(9,10(2)3)11(4)5/h6-7,9H2,1-5H3. The van der Waals surface area contributed by atoms with Crippen molar-refractivity contribution in [3.63, 3.8) is 0 Å². The Kier molecular flexibility index (Phi) is 4.12. The highest BCUT2D eigenvalue weighted by atomic mass is 15.3. The predicted octanol–water partition coefficient (Wildman–Crippen LogP) is 0.197. The maximum atomic E-state index is 2.27. The lowest BCUT2D eigenvalue weighted by Crippen LogP contribution is -2.55. The van der Waals surface area contributed by atoms with Crippen LogP contribution in [0.5, 0.6) is 0 Å². The molecule has 66 valence electrons. The van der Waals surface area contributed by atoms with Crippen molar-refractivity contribution >= 4 is 7.85 Å². The molecular formula is C8H21BN2. The van der Waals surface area contributed by atoms with Crippen molar-refractivity contribution in [2.24, 2.45) is 0 Å². The highest BCUT2D eigenvalue weighted by Gasteiger charge is 2.27. The highest BCUT2D eigenvalue weighted by molar-refractivity contribution is 6.14. The van der Waals surface area contributed by atoms with Crippen molar-refractivity contribution in [3.8, 4) is 0 Å². The molecule has 0 radical (unpaired) electrons. The molecule has 0 N–H and O–H groups in total. The van der Waals surface area contributed by atoms with Crippen LogP contribution in [0, 0.1) is 0 Å². The Bertz CT molecular complexity index is 105. The second kappa shape index (κ2) is 4.12. The average molecular weight is 156 g/mol. The molecule has 0 rings (SSSR count). The molecule has 0 aromatic rings. The fraction of sp³-hybridized carbons (Fsp3) is 1.00. The lowest BCUT2D eigenvalue weighted by Gasteiger charge is -2.42. The Morgan fingerprint density at radius 3 is 1.55 bits per heavy atom. The Balaban J connectivity index is 4.26. The molecule has 0 aliphatic rings. The molecule has 0 fully saturated rings. The zero-order valence-electron chi connectivity index (χ0n) is 8.81. The zero-order valence-corrected chi connectivity index (χ0v) is 8.81. The number of hydrogen-bond acceptors (Lipinski definition) is 2. The first-order chi connectivity index (χ1) is 4.95. The van der Waals surface area contributed by atoms with Gasteiger partial charge >= 0.3 is 0 Å². The third-order valence-electron chi connectivity index (χ3n) is 2.65. The second-order valence-electron chi connectivity index (χ2n) is 3.76. The van der Waals surface area contributed by atoms with Crippen LogP contribution < -0.4 is 0 Å². The molecule has 0 aromatic heterocycles. The number of rotatable bonds is 4. The molecular weight excluding hydrogens is 135 g/mol. The van der Waals surface area contributed by atoms with E-state index in [0.717, 1.165) is 0 Å². The van der Waals surface area contributed by atoms with Crippen molar-refractivity contribution in [2.75, 3.05) is 28.2 Å². The lowest BCUT2D eigenvalue weighted by molar-refractivity contribution is 0.0752. The molecule has 0 aliphatic carbocycles. The van der Waals surface area contributed by atoms with Gasteiger partial charge in [-0.25, -0.2) is 0 Å². The third-order valence-corrected chi connectivity index (χ3v) is 2.65. The van der Waals surface area contributed by atoms with Gasteiger partial charge in [0.25, 0.3) is 0 Å². The van der Waals surface area contributed by atoms with E-state index < -0.39 is 0 Å². The van der Waals surface area contributed by atoms with Crippen LogP contribution in [0.1, 0.15) is 19.8 Å². The van der Waals surface area contributed by atoms with Crippen LogP contribution in [0.15, 0.2) is 0 Å². The minimum absolute atomic E-state index is 0.217. The maximum Gasteiger partial charge on any atom is 0.146 e. The quantitative estimate of drug-likeness (QED) is 0.423. The van der Waals surface area contributed by atoms with E-state index in [-0.39, 0.29) is 5.56 Å². The molecule has 3 heteroatoms. The van der Waals surface area contributed by atoms with Crippen molar-refractivity contribution < 1.29 is 0 Å². The number of nitrogens with zero attached hydrogens (tertiary/aromatic N) is 2. The van der Waals surface area contributed by atoms with Gasteiger partial charge in [-0.05, 0) is 34.6 Å². The summed E-state index contributed by atoms with van der Waals surface area (Å²) in [5.74, 6) is 0. The fourth-order valence-electron chi connectivity index (χ4n) is 1.32. The van der Waals surface area contributed by atoms with Crippen LogP contribution in [0.4, 0.5) is 0 Å². The van der Waals surface area contributed by atoms with Gasteiger partial charge in [-0.2, -0.15) is 0 Å². The van der Waals surface area contributed by atoms with E-state index in [9.17, 15) is 0 Å². The van der Waals surface area contributed by atoms with Crippen LogP contribution in [-0.2, 0) is 0 Å². The average Bonchev–Trinajstić information content (AvgIpc) is 1.87. The second-order valence-corrected chi connectivity index (χ2v) is 3.76. The number of hydrogen-bond donors (Lipinski definition) is 0. The van der Waals surface area contributed by atoms with E-state index in [4.69, 9.17) is 0 Å². The fourth-order valence-corrected chi connectivity index (χ4v) is 1.32. The van der Waals surface area contributed by atoms with Crippen molar-refractivity contribution in [1.29, 1.82) is 0 Å². The smallest absolute Gasteiger partial charge is 0.146 e. The molecule has 0 heterocycles. The largest absolute Gasteiger partial charge is 0.299 e. The molecule has 0 saturated carbocycles. The molecule has 0 aromatic carbocycles. The van der Waals surface area contributed by atoms with E-state index in [1.54, 1.807) is 0 Å². The molecule has 0 atom stereocenters. The maximum absolute atomic E-state index is 2.27. The summed E-state index contributed by atoms with van der Waals surface area (Å²) in [7, 11) is 10.8. The molecule has 0 amide bonds. The molecule has 0 bridgehead atoms. The van der Waals surface area contributed by atoms with Crippen LogP contribution >= 0.6 is 0 Å². The summed E-state index contributed by atoms with van der Waals surface area (Å²) < 4.78 is 0. The molecule has 0 unspecified atom stereocenters. The summed E-state index contributed by atoms with van der Waals surface area (Å²) in [4.78, 5) is 4.55. The van der Waals surface area contributed by atoms with E-state index in [1.807, 2.05) is 0 Å². The van der Waals surface area contributed by atoms with Crippen molar-refractivity contribution in [2.45, 2.75) is 25.3 Å². The van der Waals surface area contributed by atoms with E-state index in [2.05, 4.69) is 52.8 Å². The van der Waals surface area contributed by atoms with Gasteiger partial charge in [0.05, 0.1) is 0 Å². The molecule has 11 heavy (non-hydrogen) atoms. The first-order valence-electron chi connectivity index (χ1n) is 4.30. The van der Waals surface area contributed by atoms with Gasteiger partial charge in [-0.3, -0.25) is 9.80 Å². The van der Waals surface area contributed by atoms with Gasteiger partial charge < -0.3 is 0 Å². The molecule has 0 spiro atoms. The Morgan fingerprint density at radius 1 is 1.09 bits per heavy atom. The van der Waals surface area contributed by atoms with Gasteiger partial charge in [0.2, 0.25) is 0 Å². The monoisotopic (exact) mass is 156 g/mol. The first kappa shape index (κ1) is 11.0. The summed E-state index contributed by atoms with van der Waals surface area (Å²) in [5.41, 5.74) is 0.217. The topological polar surface area (TPSA) is 6.48 Å². The van der Waals surface area contributed by atoms with Crippen LogP contribution in [0.2, 0.25) is 0 Å². The van der Waals surface area contributed by atoms with Gasteiger partial charge in [0, 0.05) is 5.56 Å². The summed E-state index contributed by atoms with van der Waals surface area (Å²) in [5, 5.41) is 0. The summed E-state index contributed by atoms with van der Waals surface area (Å²) >= 11 is 0. The normalized spacial score (nSPS) is 13.0. The SMILES string of the molecule is BC(CCC)(N(C)C)N(C)C. The third kappa shape index (κ3) is 2.49. The molecule has 0 saturated heterocycles. The van der Waals surface area contributed by atoms with E-state index in [0.29, 0.717) is 0 Å². The summed E-state index contributed by atoms with van der Waals surface area (Å²) in [6.07, 6.45) is 2.44. The first-order valence-corrected chi connectivity index (χ1v) is 4.30. The van der Waals surface area contributed by atoms with Crippen LogP contribution in [0.3, 0.4) is 0 Å². The minimum atomic E-state index is 0.217. The van der Waals surface area contributed by atoms with Gasteiger partial charge in [-0.15, -0.1) is 0 Å². The van der Waals surface area contributed by atoms with E-state index in [1.165, 1.54) is 12.8 Å². The van der Waals surface area contributed by atoms with Gasteiger partial charge in [0.15, 0.2) is 0 Å².